The molecule has 0 atom stereocenters. The van der Waals surface area contributed by atoms with Gasteiger partial charge >= 0.3 is 0 Å². The minimum absolute atomic E-state index is 0.0800. The van der Waals surface area contributed by atoms with Gasteiger partial charge in [-0.3, -0.25) is 19.3 Å². The number of hydrogen-bond donors (Lipinski definition) is 2. The van der Waals surface area contributed by atoms with Crippen LogP contribution in [0.2, 0.25) is 0 Å². The average molecular weight is 385 g/mol. The minimum atomic E-state index is -0.0800. The van der Waals surface area contributed by atoms with E-state index in [0.717, 1.165) is 12.8 Å². The summed E-state index contributed by atoms with van der Waals surface area (Å²) in [5, 5.41) is 5.19. The summed E-state index contributed by atoms with van der Waals surface area (Å²) in [5.74, 6) is 0.445. The van der Waals surface area contributed by atoms with E-state index in [1.807, 2.05) is 15.2 Å². The zero-order valence-electron chi connectivity index (χ0n) is 14.1. The van der Waals surface area contributed by atoms with E-state index in [1.54, 1.807) is 6.20 Å². The standard InChI is InChI=1S/C16H24N4O3S2/c21-13(12-24)3-1-2-4-15(23)20-8-6-19(7-9-20)11-14(22)18-16-17-5-10-25-16/h5,10,24H,1-4,6-9,11-12H2,(H,17,18,22). The topological polar surface area (TPSA) is 82.6 Å². The highest BCUT2D eigenvalue weighted by Gasteiger charge is 2.22. The van der Waals surface area contributed by atoms with Crippen LogP contribution in [0.15, 0.2) is 11.6 Å². The van der Waals surface area contributed by atoms with Gasteiger partial charge in [0.2, 0.25) is 11.8 Å². The molecule has 138 valence electrons. The van der Waals surface area contributed by atoms with Crippen molar-refractivity contribution >= 4 is 46.7 Å². The summed E-state index contributed by atoms with van der Waals surface area (Å²) in [7, 11) is 0. The van der Waals surface area contributed by atoms with Gasteiger partial charge in [0, 0.05) is 56.4 Å². The first-order valence-electron chi connectivity index (χ1n) is 8.40. The molecule has 0 unspecified atom stereocenters. The third-order valence-electron chi connectivity index (χ3n) is 4.04. The molecule has 9 heteroatoms. The molecule has 0 bridgehead atoms. The summed E-state index contributed by atoms with van der Waals surface area (Å²) in [5.41, 5.74) is 0. The van der Waals surface area contributed by atoms with Crippen molar-refractivity contribution in [1.29, 1.82) is 0 Å². The molecule has 7 nitrogen and oxygen atoms in total. The van der Waals surface area contributed by atoms with E-state index in [9.17, 15) is 14.4 Å². The normalized spacial score (nSPS) is 15.2. The second-order valence-corrected chi connectivity index (χ2v) is 7.16. The zero-order chi connectivity index (χ0) is 18.1. The van der Waals surface area contributed by atoms with Crippen molar-refractivity contribution in [2.45, 2.75) is 25.7 Å². The molecule has 1 aromatic heterocycles. The molecule has 25 heavy (non-hydrogen) atoms. The van der Waals surface area contributed by atoms with Crippen LogP contribution >= 0.6 is 24.0 Å². The van der Waals surface area contributed by atoms with Gasteiger partial charge in [0.25, 0.3) is 0 Å². The Kier molecular flexibility index (Phi) is 8.36. The fourth-order valence-electron chi connectivity index (χ4n) is 2.64. The minimum Gasteiger partial charge on any atom is -0.340 e. The molecule has 0 radical (unpaired) electrons. The number of nitrogens with zero attached hydrogens (tertiary/aromatic N) is 3. The van der Waals surface area contributed by atoms with E-state index in [0.29, 0.717) is 50.7 Å². The SMILES string of the molecule is O=C(CS)CCCCC(=O)N1CCN(CC(=O)Nc2nccs2)CC1. The van der Waals surface area contributed by atoms with Crippen molar-refractivity contribution in [2.75, 3.05) is 43.8 Å². The van der Waals surface area contributed by atoms with Crippen molar-refractivity contribution in [1.82, 2.24) is 14.8 Å². The lowest BCUT2D eigenvalue weighted by Crippen LogP contribution is -2.50. The predicted molar refractivity (Wildman–Crippen MR) is 101 cm³/mol. The van der Waals surface area contributed by atoms with Crippen molar-refractivity contribution in [3.05, 3.63) is 11.6 Å². The van der Waals surface area contributed by atoms with E-state index in [2.05, 4.69) is 22.9 Å². The largest absolute Gasteiger partial charge is 0.340 e. The number of Topliss-reactive ketones (excluding diaryl/α,β-unsaturated/α-hetero) is 1. The Bertz CT molecular complexity index is 572. The molecule has 2 heterocycles. The first kappa shape index (κ1) is 19.9. The van der Waals surface area contributed by atoms with Crippen molar-refractivity contribution in [3.8, 4) is 0 Å². The van der Waals surface area contributed by atoms with Crippen LogP contribution in [0.1, 0.15) is 25.7 Å². The van der Waals surface area contributed by atoms with E-state index in [-0.39, 0.29) is 23.4 Å². The monoisotopic (exact) mass is 384 g/mol. The first-order valence-corrected chi connectivity index (χ1v) is 9.91. The summed E-state index contributed by atoms with van der Waals surface area (Å²) < 4.78 is 0. The molecule has 1 aliphatic rings. The molecule has 0 aromatic carbocycles. The van der Waals surface area contributed by atoms with Gasteiger partial charge in [-0.1, -0.05) is 0 Å². The van der Waals surface area contributed by atoms with Crippen molar-refractivity contribution < 1.29 is 14.4 Å². The van der Waals surface area contributed by atoms with Gasteiger partial charge in [-0.15, -0.1) is 11.3 Å². The maximum Gasteiger partial charge on any atom is 0.240 e. The van der Waals surface area contributed by atoms with Crippen LogP contribution in [0.3, 0.4) is 0 Å². The lowest BCUT2D eigenvalue weighted by atomic mass is 10.1. The Balaban J connectivity index is 1.61. The van der Waals surface area contributed by atoms with Crippen molar-refractivity contribution in [2.24, 2.45) is 0 Å². The van der Waals surface area contributed by atoms with Crippen LogP contribution in [-0.4, -0.2) is 70.9 Å². The molecule has 1 N–H and O–H groups in total. The number of ketones is 1. The highest BCUT2D eigenvalue weighted by molar-refractivity contribution is 7.81. The molecule has 0 aliphatic carbocycles. The Labute approximate surface area is 157 Å². The van der Waals surface area contributed by atoms with Gasteiger partial charge in [-0.05, 0) is 12.8 Å². The maximum absolute atomic E-state index is 12.2. The van der Waals surface area contributed by atoms with E-state index in [1.165, 1.54) is 11.3 Å². The fraction of sp³-hybridized carbons (Fsp3) is 0.625. The Morgan fingerprint density at radius 1 is 1.16 bits per heavy atom. The number of carbonyl (C=O) groups excluding carboxylic acids is 3. The van der Waals surface area contributed by atoms with Crippen molar-refractivity contribution in [3.63, 3.8) is 0 Å². The molecular weight excluding hydrogens is 360 g/mol. The Morgan fingerprint density at radius 3 is 2.52 bits per heavy atom. The quantitative estimate of drug-likeness (QED) is 0.495. The fourth-order valence-corrected chi connectivity index (χ4v) is 3.34. The van der Waals surface area contributed by atoms with E-state index >= 15 is 0 Å². The lowest BCUT2D eigenvalue weighted by molar-refractivity contribution is -0.133. The Morgan fingerprint density at radius 2 is 1.88 bits per heavy atom. The molecular formula is C16H24N4O3S2. The molecule has 0 saturated carbocycles. The number of unbranched alkanes of at least 4 members (excludes halogenated alkanes) is 1. The number of piperazine rings is 1. The highest BCUT2D eigenvalue weighted by Crippen LogP contribution is 2.11. The Hall–Kier alpha value is -1.45. The molecule has 1 fully saturated rings. The van der Waals surface area contributed by atoms with Crippen LogP contribution in [0.4, 0.5) is 5.13 Å². The second-order valence-electron chi connectivity index (χ2n) is 5.95. The number of rotatable bonds is 9. The smallest absolute Gasteiger partial charge is 0.240 e. The molecule has 1 aliphatic heterocycles. The van der Waals surface area contributed by atoms with Gasteiger partial charge in [-0.2, -0.15) is 12.6 Å². The van der Waals surface area contributed by atoms with Gasteiger partial charge in [0.1, 0.15) is 5.78 Å². The summed E-state index contributed by atoms with van der Waals surface area (Å²) in [6.07, 6.45) is 4.10. The molecule has 2 amide bonds. The van der Waals surface area contributed by atoms with E-state index < -0.39 is 0 Å². The predicted octanol–water partition coefficient (Wildman–Crippen LogP) is 1.29. The van der Waals surface area contributed by atoms with Gasteiger partial charge in [-0.25, -0.2) is 4.98 Å². The van der Waals surface area contributed by atoms with E-state index in [4.69, 9.17) is 0 Å². The number of nitrogens with one attached hydrogen (secondary N) is 1. The summed E-state index contributed by atoms with van der Waals surface area (Å²) >= 11 is 5.33. The maximum atomic E-state index is 12.2. The molecule has 1 saturated heterocycles. The van der Waals surface area contributed by atoms with Gasteiger partial charge < -0.3 is 10.2 Å². The van der Waals surface area contributed by atoms with Crippen LogP contribution in [0.25, 0.3) is 0 Å². The zero-order valence-corrected chi connectivity index (χ0v) is 15.9. The number of anilines is 1. The molecule has 0 spiro atoms. The number of thiol groups is 1. The van der Waals surface area contributed by atoms with Crippen LogP contribution in [0.5, 0.6) is 0 Å². The number of carbonyl (C=O) groups is 3. The molecule has 1 aromatic rings. The third-order valence-corrected chi connectivity index (χ3v) is 5.08. The number of aromatic nitrogens is 1. The van der Waals surface area contributed by atoms with Crippen LogP contribution < -0.4 is 5.32 Å². The third kappa shape index (κ3) is 7.13. The number of thiazole rings is 1. The average Bonchev–Trinajstić information content (AvgIpc) is 3.11. The summed E-state index contributed by atoms with van der Waals surface area (Å²) in [4.78, 5) is 43.2. The highest BCUT2D eigenvalue weighted by atomic mass is 32.1. The lowest BCUT2D eigenvalue weighted by Gasteiger charge is -2.34. The summed E-state index contributed by atoms with van der Waals surface area (Å²) in [6, 6.07) is 0. The van der Waals surface area contributed by atoms with Crippen LogP contribution in [-0.2, 0) is 14.4 Å². The van der Waals surface area contributed by atoms with Crippen LogP contribution in [0, 0.1) is 0 Å². The first-order chi connectivity index (χ1) is 12.1. The summed E-state index contributed by atoms with van der Waals surface area (Å²) in [6.45, 7) is 2.97. The van der Waals surface area contributed by atoms with Gasteiger partial charge in [0.15, 0.2) is 5.13 Å². The molecule has 2 rings (SSSR count). The van der Waals surface area contributed by atoms with Gasteiger partial charge in [0.05, 0.1) is 6.54 Å². The number of amides is 2. The number of hydrogen-bond acceptors (Lipinski definition) is 7. The second kappa shape index (κ2) is 10.5.